The van der Waals surface area contributed by atoms with Crippen molar-refractivity contribution in [1.29, 1.82) is 0 Å². The largest absolute Gasteiger partial charge is 0.481 e. The lowest BCUT2D eigenvalue weighted by molar-refractivity contribution is -0.122. The van der Waals surface area contributed by atoms with Crippen LogP contribution in [-0.2, 0) is 4.79 Å². The zero-order valence-corrected chi connectivity index (χ0v) is 13.6. The third-order valence-corrected chi connectivity index (χ3v) is 3.36. The van der Waals surface area contributed by atoms with E-state index in [1.807, 2.05) is 43.3 Å². The molecule has 0 radical (unpaired) electrons. The molecule has 1 atom stereocenters. The number of rotatable bonds is 5. The smallest absolute Gasteiger partial charge is 0.265 e. The SMILES string of the molecule is C[C@@H](Oc1cccc(Cl)c1)C(=O)Nc1ccc(N(C)C)cc1. The number of hydrogen-bond acceptors (Lipinski definition) is 3. The van der Waals surface area contributed by atoms with Crippen LogP contribution < -0.4 is 15.0 Å². The molecule has 0 bridgehead atoms. The number of ether oxygens (including phenoxy) is 1. The minimum atomic E-state index is -0.619. The summed E-state index contributed by atoms with van der Waals surface area (Å²) in [7, 11) is 3.93. The summed E-state index contributed by atoms with van der Waals surface area (Å²) >= 11 is 5.89. The Kier molecular flexibility index (Phi) is 5.28. The fraction of sp³-hybridized carbons (Fsp3) is 0.235. The number of nitrogens with one attached hydrogen (secondary N) is 1. The van der Waals surface area contributed by atoms with Crippen molar-refractivity contribution in [3.05, 3.63) is 53.6 Å². The summed E-state index contributed by atoms with van der Waals surface area (Å²) in [4.78, 5) is 14.1. The molecule has 0 spiro atoms. The highest BCUT2D eigenvalue weighted by Gasteiger charge is 2.15. The number of amides is 1. The van der Waals surface area contributed by atoms with Gasteiger partial charge >= 0.3 is 0 Å². The van der Waals surface area contributed by atoms with Crippen molar-refractivity contribution in [1.82, 2.24) is 0 Å². The van der Waals surface area contributed by atoms with Crippen molar-refractivity contribution in [2.45, 2.75) is 13.0 Å². The highest BCUT2D eigenvalue weighted by Crippen LogP contribution is 2.19. The molecule has 2 aromatic carbocycles. The van der Waals surface area contributed by atoms with Crippen LogP contribution in [0.5, 0.6) is 5.75 Å². The second kappa shape index (κ2) is 7.18. The van der Waals surface area contributed by atoms with Gasteiger partial charge in [0.25, 0.3) is 5.91 Å². The van der Waals surface area contributed by atoms with Gasteiger partial charge in [0.05, 0.1) is 0 Å². The Morgan fingerprint density at radius 2 is 1.86 bits per heavy atom. The minimum Gasteiger partial charge on any atom is -0.481 e. The maximum atomic E-state index is 12.1. The quantitative estimate of drug-likeness (QED) is 0.911. The Balaban J connectivity index is 1.96. The summed E-state index contributed by atoms with van der Waals surface area (Å²) in [5.74, 6) is 0.357. The molecule has 2 aromatic rings. The van der Waals surface area contributed by atoms with Crippen molar-refractivity contribution in [2.75, 3.05) is 24.3 Å². The molecule has 22 heavy (non-hydrogen) atoms. The van der Waals surface area contributed by atoms with Crippen LogP contribution in [-0.4, -0.2) is 26.1 Å². The van der Waals surface area contributed by atoms with E-state index >= 15 is 0 Å². The summed E-state index contributed by atoms with van der Waals surface area (Å²) < 4.78 is 5.59. The molecule has 116 valence electrons. The normalized spacial score (nSPS) is 11.6. The maximum absolute atomic E-state index is 12.1. The van der Waals surface area contributed by atoms with Gasteiger partial charge in [0.15, 0.2) is 6.10 Å². The summed E-state index contributed by atoms with van der Waals surface area (Å²) in [6.07, 6.45) is -0.619. The molecule has 5 heteroatoms. The van der Waals surface area contributed by atoms with Gasteiger partial charge in [0.2, 0.25) is 0 Å². The summed E-state index contributed by atoms with van der Waals surface area (Å²) in [6, 6.07) is 14.6. The van der Waals surface area contributed by atoms with Crippen molar-refractivity contribution < 1.29 is 9.53 Å². The molecular weight excluding hydrogens is 300 g/mol. The van der Waals surface area contributed by atoms with Crippen LogP contribution in [0.3, 0.4) is 0 Å². The van der Waals surface area contributed by atoms with Gasteiger partial charge in [-0.2, -0.15) is 0 Å². The second-order valence-electron chi connectivity index (χ2n) is 5.15. The zero-order chi connectivity index (χ0) is 16.1. The molecule has 0 saturated carbocycles. The Morgan fingerprint density at radius 1 is 1.18 bits per heavy atom. The van der Waals surface area contributed by atoms with E-state index in [0.29, 0.717) is 10.8 Å². The molecule has 0 unspecified atom stereocenters. The molecule has 0 aromatic heterocycles. The number of benzene rings is 2. The van der Waals surface area contributed by atoms with E-state index in [4.69, 9.17) is 16.3 Å². The van der Waals surface area contributed by atoms with E-state index in [9.17, 15) is 4.79 Å². The predicted octanol–water partition coefficient (Wildman–Crippen LogP) is 3.81. The molecule has 0 saturated heterocycles. The number of carbonyl (C=O) groups is 1. The Labute approximate surface area is 135 Å². The highest BCUT2D eigenvalue weighted by molar-refractivity contribution is 6.30. The van der Waals surface area contributed by atoms with Gasteiger partial charge in [0, 0.05) is 30.5 Å². The van der Waals surface area contributed by atoms with Gasteiger partial charge in [0.1, 0.15) is 5.75 Å². The maximum Gasteiger partial charge on any atom is 0.265 e. The van der Waals surface area contributed by atoms with Crippen molar-refractivity contribution in [3.8, 4) is 5.75 Å². The Hall–Kier alpha value is -2.20. The van der Waals surface area contributed by atoms with Gasteiger partial charge in [-0.25, -0.2) is 0 Å². The van der Waals surface area contributed by atoms with Crippen LogP contribution >= 0.6 is 11.6 Å². The summed E-state index contributed by atoms with van der Waals surface area (Å²) in [6.45, 7) is 1.70. The van der Waals surface area contributed by atoms with Gasteiger partial charge in [-0.05, 0) is 49.4 Å². The Morgan fingerprint density at radius 3 is 2.45 bits per heavy atom. The van der Waals surface area contributed by atoms with Crippen LogP contribution in [0.25, 0.3) is 0 Å². The van der Waals surface area contributed by atoms with Gasteiger partial charge in [-0.3, -0.25) is 4.79 Å². The standard InChI is InChI=1S/C17H19ClN2O2/c1-12(22-16-6-4-5-13(18)11-16)17(21)19-14-7-9-15(10-8-14)20(2)3/h4-12H,1-3H3,(H,19,21)/t12-/m1/s1. The van der Waals surface area contributed by atoms with Crippen LogP contribution in [0, 0.1) is 0 Å². The van der Waals surface area contributed by atoms with E-state index in [-0.39, 0.29) is 5.91 Å². The first kappa shape index (κ1) is 16.2. The molecule has 0 fully saturated rings. The topological polar surface area (TPSA) is 41.6 Å². The van der Waals surface area contributed by atoms with E-state index in [2.05, 4.69) is 5.32 Å². The highest BCUT2D eigenvalue weighted by atomic mass is 35.5. The minimum absolute atomic E-state index is 0.211. The molecule has 0 heterocycles. The van der Waals surface area contributed by atoms with Crippen molar-refractivity contribution in [2.24, 2.45) is 0 Å². The van der Waals surface area contributed by atoms with Crippen molar-refractivity contribution in [3.63, 3.8) is 0 Å². The number of anilines is 2. The first-order valence-electron chi connectivity index (χ1n) is 6.96. The van der Waals surface area contributed by atoms with Gasteiger partial charge in [-0.1, -0.05) is 17.7 Å². The lowest BCUT2D eigenvalue weighted by atomic mass is 10.2. The monoisotopic (exact) mass is 318 g/mol. The van der Waals surface area contributed by atoms with Gasteiger partial charge in [-0.15, -0.1) is 0 Å². The van der Waals surface area contributed by atoms with E-state index in [0.717, 1.165) is 11.4 Å². The fourth-order valence-electron chi connectivity index (χ4n) is 1.88. The third kappa shape index (κ3) is 4.40. The van der Waals surface area contributed by atoms with E-state index in [1.54, 1.807) is 31.2 Å². The molecule has 1 N–H and O–H groups in total. The molecule has 4 nitrogen and oxygen atoms in total. The van der Waals surface area contributed by atoms with Crippen molar-refractivity contribution >= 4 is 28.9 Å². The molecule has 2 rings (SSSR count). The first-order valence-corrected chi connectivity index (χ1v) is 7.34. The van der Waals surface area contributed by atoms with Crippen LogP contribution in [0.1, 0.15) is 6.92 Å². The van der Waals surface area contributed by atoms with Gasteiger partial charge < -0.3 is 15.0 Å². The lowest BCUT2D eigenvalue weighted by Gasteiger charge is -2.16. The lowest BCUT2D eigenvalue weighted by Crippen LogP contribution is -2.30. The Bertz CT molecular complexity index is 641. The second-order valence-corrected chi connectivity index (χ2v) is 5.58. The van der Waals surface area contributed by atoms with E-state index < -0.39 is 6.10 Å². The third-order valence-electron chi connectivity index (χ3n) is 3.13. The average molecular weight is 319 g/mol. The molecule has 0 aliphatic heterocycles. The van der Waals surface area contributed by atoms with Crippen LogP contribution in [0.2, 0.25) is 5.02 Å². The average Bonchev–Trinajstić information content (AvgIpc) is 2.47. The van der Waals surface area contributed by atoms with Crippen LogP contribution in [0.4, 0.5) is 11.4 Å². The summed E-state index contributed by atoms with van der Waals surface area (Å²) in [5.41, 5.74) is 1.80. The molecule has 1 amide bonds. The number of carbonyl (C=O) groups excluding carboxylic acids is 1. The van der Waals surface area contributed by atoms with E-state index in [1.165, 1.54) is 0 Å². The fourth-order valence-corrected chi connectivity index (χ4v) is 2.07. The van der Waals surface area contributed by atoms with Crippen LogP contribution in [0.15, 0.2) is 48.5 Å². The first-order chi connectivity index (χ1) is 10.5. The molecule has 0 aliphatic carbocycles. The number of hydrogen-bond donors (Lipinski definition) is 1. The molecular formula is C17H19ClN2O2. The number of nitrogens with zero attached hydrogens (tertiary/aromatic N) is 1. The zero-order valence-electron chi connectivity index (χ0n) is 12.8. The molecule has 0 aliphatic rings. The number of halogens is 1. The summed E-state index contributed by atoms with van der Waals surface area (Å²) in [5, 5.41) is 3.40. The predicted molar refractivity (Wildman–Crippen MR) is 90.9 cm³/mol.